The van der Waals surface area contributed by atoms with Crippen LogP contribution in [0.5, 0.6) is 0 Å². The molecule has 0 aromatic rings. The van der Waals surface area contributed by atoms with Crippen LogP contribution in [-0.2, 0) is 4.79 Å². The van der Waals surface area contributed by atoms with E-state index >= 15 is 0 Å². The third-order valence-corrected chi connectivity index (χ3v) is 3.11. The summed E-state index contributed by atoms with van der Waals surface area (Å²) in [7, 11) is 0. The molecule has 0 heterocycles. The minimum absolute atomic E-state index is 0.0140. The van der Waals surface area contributed by atoms with Crippen molar-refractivity contribution in [2.45, 2.75) is 57.5 Å². The van der Waals surface area contributed by atoms with Gasteiger partial charge in [0.1, 0.15) is 0 Å². The fraction of sp³-hybridized carbons (Fsp3) is 0.917. The second-order valence-electron chi connectivity index (χ2n) is 4.72. The molecule has 1 aliphatic rings. The number of rotatable bonds is 5. The lowest BCUT2D eigenvalue weighted by Crippen LogP contribution is -2.43. The summed E-state index contributed by atoms with van der Waals surface area (Å²) in [5, 5.41) is 14.8. The van der Waals surface area contributed by atoms with Gasteiger partial charge in [-0.25, -0.2) is 0 Å². The molecular formula is C12H24N2O2. The molecule has 0 aliphatic heterocycles. The van der Waals surface area contributed by atoms with Gasteiger partial charge in [-0.15, -0.1) is 0 Å². The highest BCUT2D eigenvalue weighted by Crippen LogP contribution is 2.16. The lowest BCUT2D eigenvalue weighted by Gasteiger charge is -2.17. The number of carbonyl (C=O) groups excluding carboxylic acids is 1. The van der Waals surface area contributed by atoms with E-state index in [0.29, 0.717) is 12.6 Å². The van der Waals surface area contributed by atoms with E-state index in [1.807, 2.05) is 6.92 Å². The molecule has 1 saturated carbocycles. The highest BCUT2D eigenvalue weighted by molar-refractivity contribution is 5.78. The van der Waals surface area contributed by atoms with E-state index in [4.69, 9.17) is 5.11 Å². The molecule has 1 aliphatic carbocycles. The molecule has 4 nitrogen and oxygen atoms in total. The fourth-order valence-corrected chi connectivity index (χ4v) is 2.03. The zero-order valence-corrected chi connectivity index (χ0v) is 10.2. The van der Waals surface area contributed by atoms with Gasteiger partial charge in [0.25, 0.3) is 0 Å². The SMILES string of the molecule is CC(CO)NCC(=O)NC1CCCCCC1. The Kier molecular flexibility index (Phi) is 6.42. The normalized spacial score (nSPS) is 20.1. The summed E-state index contributed by atoms with van der Waals surface area (Å²) in [6.45, 7) is 2.23. The summed E-state index contributed by atoms with van der Waals surface area (Å²) in [4.78, 5) is 11.6. The van der Waals surface area contributed by atoms with Gasteiger partial charge in [-0.2, -0.15) is 0 Å². The maximum Gasteiger partial charge on any atom is 0.234 e. The molecule has 1 amide bonds. The van der Waals surface area contributed by atoms with Crippen LogP contribution in [0.25, 0.3) is 0 Å². The molecule has 0 radical (unpaired) electrons. The third-order valence-electron chi connectivity index (χ3n) is 3.11. The van der Waals surface area contributed by atoms with E-state index in [9.17, 15) is 4.79 Å². The number of aliphatic hydroxyl groups is 1. The molecule has 3 N–H and O–H groups in total. The molecule has 94 valence electrons. The standard InChI is InChI=1S/C12H24N2O2/c1-10(9-15)13-8-12(16)14-11-6-4-2-3-5-7-11/h10-11,13,15H,2-9H2,1H3,(H,14,16). The lowest BCUT2D eigenvalue weighted by atomic mass is 10.1. The monoisotopic (exact) mass is 228 g/mol. The second kappa shape index (κ2) is 7.63. The van der Waals surface area contributed by atoms with Gasteiger partial charge in [0.2, 0.25) is 5.91 Å². The van der Waals surface area contributed by atoms with Gasteiger partial charge in [0.05, 0.1) is 13.2 Å². The Morgan fingerprint density at radius 3 is 2.50 bits per heavy atom. The van der Waals surface area contributed by atoms with Crippen molar-refractivity contribution < 1.29 is 9.90 Å². The summed E-state index contributed by atoms with van der Waals surface area (Å²) in [6.07, 6.45) is 7.28. The average Bonchev–Trinajstić information content (AvgIpc) is 2.54. The van der Waals surface area contributed by atoms with E-state index < -0.39 is 0 Å². The van der Waals surface area contributed by atoms with E-state index in [-0.39, 0.29) is 18.6 Å². The maximum absolute atomic E-state index is 11.6. The molecule has 0 aromatic heterocycles. The van der Waals surface area contributed by atoms with Crippen LogP contribution in [0.2, 0.25) is 0 Å². The van der Waals surface area contributed by atoms with Crippen molar-refractivity contribution >= 4 is 5.91 Å². The Hall–Kier alpha value is -0.610. The van der Waals surface area contributed by atoms with Crippen LogP contribution < -0.4 is 10.6 Å². The number of hydrogen-bond acceptors (Lipinski definition) is 3. The van der Waals surface area contributed by atoms with Gasteiger partial charge in [-0.3, -0.25) is 4.79 Å². The van der Waals surface area contributed by atoms with E-state index in [1.54, 1.807) is 0 Å². The molecular weight excluding hydrogens is 204 g/mol. The first-order chi connectivity index (χ1) is 7.72. The first-order valence-electron chi connectivity index (χ1n) is 6.36. The highest BCUT2D eigenvalue weighted by Gasteiger charge is 2.14. The molecule has 16 heavy (non-hydrogen) atoms. The predicted molar refractivity (Wildman–Crippen MR) is 64.2 cm³/mol. The van der Waals surface area contributed by atoms with Gasteiger partial charge < -0.3 is 15.7 Å². The average molecular weight is 228 g/mol. The first kappa shape index (κ1) is 13.5. The quantitative estimate of drug-likeness (QED) is 0.610. The van der Waals surface area contributed by atoms with Crippen molar-refractivity contribution in [3.05, 3.63) is 0 Å². The van der Waals surface area contributed by atoms with Crippen molar-refractivity contribution in [1.82, 2.24) is 10.6 Å². The number of carbonyl (C=O) groups is 1. The largest absolute Gasteiger partial charge is 0.395 e. The third kappa shape index (κ3) is 5.47. The molecule has 4 heteroatoms. The summed E-state index contributed by atoms with van der Waals surface area (Å²) >= 11 is 0. The fourth-order valence-electron chi connectivity index (χ4n) is 2.03. The summed E-state index contributed by atoms with van der Waals surface area (Å²) in [6, 6.07) is 0.348. The molecule has 1 atom stereocenters. The molecule has 0 spiro atoms. The highest BCUT2D eigenvalue weighted by atomic mass is 16.3. The number of aliphatic hydroxyl groups excluding tert-OH is 1. The minimum Gasteiger partial charge on any atom is -0.395 e. The van der Waals surface area contributed by atoms with Crippen LogP contribution in [0.1, 0.15) is 45.4 Å². The zero-order chi connectivity index (χ0) is 11.8. The molecule has 0 bridgehead atoms. The van der Waals surface area contributed by atoms with Crippen LogP contribution >= 0.6 is 0 Å². The Morgan fingerprint density at radius 1 is 1.31 bits per heavy atom. The van der Waals surface area contributed by atoms with Crippen molar-refractivity contribution in [3.63, 3.8) is 0 Å². The molecule has 1 fully saturated rings. The van der Waals surface area contributed by atoms with Gasteiger partial charge in [-0.1, -0.05) is 25.7 Å². The van der Waals surface area contributed by atoms with E-state index in [1.165, 1.54) is 25.7 Å². The van der Waals surface area contributed by atoms with E-state index in [0.717, 1.165) is 12.8 Å². The molecule has 1 rings (SSSR count). The van der Waals surface area contributed by atoms with Crippen molar-refractivity contribution in [1.29, 1.82) is 0 Å². The van der Waals surface area contributed by atoms with Crippen LogP contribution in [-0.4, -0.2) is 36.2 Å². The van der Waals surface area contributed by atoms with Crippen molar-refractivity contribution in [3.8, 4) is 0 Å². The van der Waals surface area contributed by atoms with Crippen molar-refractivity contribution in [2.24, 2.45) is 0 Å². The lowest BCUT2D eigenvalue weighted by molar-refractivity contribution is -0.121. The Morgan fingerprint density at radius 2 is 1.94 bits per heavy atom. The Labute approximate surface area is 97.8 Å². The summed E-state index contributed by atoms with van der Waals surface area (Å²) in [5.74, 6) is 0.0483. The van der Waals surface area contributed by atoms with Crippen molar-refractivity contribution in [2.75, 3.05) is 13.2 Å². The van der Waals surface area contributed by atoms with Gasteiger partial charge in [0.15, 0.2) is 0 Å². The van der Waals surface area contributed by atoms with Crippen LogP contribution in [0.3, 0.4) is 0 Å². The number of amides is 1. The van der Waals surface area contributed by atoms with Gasteiger partial charge in [0, 0.05) is 12.1 Å². The molecule has 0 aromatic carbocycles. The summed E-state index contributed by atoms with van der Waals surface area (Å²) in [5.41, 5.74) is 0. The number of hydrogen-bond donors (Lipinski definition) is 3. The maximum atomic E-state index is 11.6. The van der Waals surface area contributed by atoms with Crippen LogP contribution in [0.4, 0.5) is 0 Å². The first-order valence-corrected chi connectivity index (χ1v) is 6.36. The molecule has 1 unspecified atom stereocenters. The summed E-state index contributed by atoms with van der Waals surface area (Å²) < 4.78 is 0. The predicted octanol–water partition coefficient (Wildman–Crippen LogP) is 0.796. The van der Waals surface area contributed by atoms with Crippen LogP contribution in [0, 0.1) is 0 Å². The van der Waals surface area contributed by atoms with Gasteiger partial charge in [-0.05, 0) is 19.8 Å². The van der Waals surface area contributed by atoms with Gasteiger partial charge >= 0.3 is 0 Å². The van der Waals surface area contributed by atoms with E-state index in [2.05, 4.69) is 10.6 Å². The minimum atomic E-state index is -0.0140. The Bertz CT molecular complexity index is 201. The second-order valence-corrected chi connectivity index (χ2v) is 4.72. The molecule has 0 saturated heterocycles. The zero-order valence-electron chi connectivity index (χ0n) is 10.2. The smallest absolute Gasteiger partial charge is 0.234 e. The number of nitrogens with one attached hydrogen (secondary N) is 2. The van der Waals surface area contributed by atoms with Crippen LogP contribution in [0.15, 0.2) is 0 Å². The topological polar surface area (TPSA) is 61.4 Å². The Balaban J connectivity index is 2.16.